The monoisotopic (exact) mass is 267 g/mol. The average Bonchev–Trinajstić information content (AvgIpc) is 2.38. The largest absolute Gasteiger partial charge is 0.383 e. The van der Waals surface area contributed by atoms with Crippen LogP contribution in [0.15, 0.2) is 6.07 Å². The first-order valence-corrected chi connectivity index (χ1v) is 6.01. The zero-order chi connectivity index (χ0) is 14.3. The summed E-state index contributed by atoms with van der Waals surface area (Å²) >= 11 is 0. The van der Waals surface area contributed by atoms with E-state index in [4.69, 9.17) is 20.6 Å². The molecule has 0 atom stereocenters. The highest BCUT2D eigenvalue weighted by atomic mass is 16.5. The van der Waals surface area contributed by atoms with Gasteiger partial charge in [0.05, 0.1) is 13.2 Å². The second-order valence-corrected chi connectivity index (χ2v) is 4.08. The quantitative estimate of drug-likeness (QED) is 0.514. The van der Waals surface area contributed by atoms with Gasteiger partial charge < -0.3 is 20.1 Å². The highest BCUT2D eigenvalue weighted by Gasteiger charge is 2.12. The molecule has 0 saturated carbocycles. The van der Waals surface area contributed by atoms with Crippen LogP contribution in [0.4, 0.5) is 5.95 Å². The van der Waals surface area contributed by atoms with Gasteiger partial charge in [0.15, 0.2) is 0 Å². The summed E-state index contributed by atoms with van der Waals surface area (Å²) in [6.07, 6.45) is 0. The van der Waals surface area contributed by atoms with Gasteiger partial charge in [-0.2, -0.15) is 0 Å². The molecule has 7 heteroatoms. The second-order valence-electron chi connectivity index (χ2n) is 4.08. The molecule has 0 fully saturated rings. The smallest absolute Gasteiger partial charge is 0.226 e. The number of aromatic nitrogens is 2. The summed E-state index contributed by atoms with van der Waals surface area (Å²) < 4.78 is 10.2. The van der Waals surface area contributed by atoms with Crippen LogP contribution in [0, 0.1) is 12.3 Å². The molecule has 0 radical (unpaired) electrons. The first kappa shape index (κ1) is 15.3. The number of nitrogens with one attached hydrogen (secondary N) is 1. The van der Waals surface area contributed by atoms with Crippen LogP contribution >= 0.6 is 0 Å². The van der Waals surface area contributed by atoms with Crippen molar-refractivity contribution < 1.29 is 9.47 Å². The average molecular weight is 267 g/mol. The Morgan fingerprint density at radius 1 is 1.26 bits per heavy atom. The summed E-state index contributed by atoms with van der Waals surface area (Å²) in [4.78, 5) is 10.6. The number of nitrogens with two attached hydrogens (primary N) is 1. The Hall–Kier alpha value is -1.73. The number of rotatable bonds is 8. The number of hydrogen-bond donors (Lipinski definition) is 2. The Bertz CT molecular complexity index is 417. The Labute approximate surface area is 113 Å². The van der Waals surface area contributed by atoms with E-state index in [0.29, 0.717) is 37.9 Å². The molecule has 0 bridgehead atoms. The van der Waals surface area contributed by atoms with E-state index in [-0.39, 0.29) is 5.84 Å². The number of ether oxygens (including phenoxy) is 2. The predicted molar refractivity (Wildman–Crippen MR) is 73.8 cm³/mol. The number of nitrogens with zero attached hydrogens (tertiary/aromatic N) is 3. The molecular weight excluding hydrogens is 246 g/mol. The van der Waals surface area contributed by atoms with Crippen molar-refractivity contribution in [2.24, 2.45) is 5.73 Å². The lowest BCUT2D eigenvalue weighted by molar-refractivity contribution is 0.189. The molecule has 3 N–H and O–H groups in total. The summed E-state index contributed by atoms with van der Waals surface area (Å²) in [5.74, 6) is 0.476. The van der Waals surface area contributed by atoms with Crippen molar-refractivity contribution in [1.29, 1.82) is 5.41 Å². The Morgan fingerprint density at radius 2 is 1.84 bits per heavy atom. The molecule has 0 unspecified atom stereocenters. The van der Waals surface area contributed by atoms with Crippen molar-refractivity contribution in [3.8, 4) is 0 Å². The van der Waals surface area contributed by atoms with Gasteiger partial charge in [-0.15, -0.1) is 0 Å². The number of anilines is 1. The summed E-state index contributed by atoms with van der Waals surface area (Å²) in [6.45, 7) is 4.29. The molecule has 0 aliphatic rings. The van der Waals surface area contributed by atoms with Crippen LogP contribution in [0.25, 0.3) is 0 Å². The molecule has 19 heavy (non-hydrogen) atoms. The van der Waals surface area contributed by atoms with Crippen LogP contribution in [-0.4, -0.2) is 56.3 Å². The molecule has 0 spiro atoms. The van der Waals surface area contributed by atoms with Gasteiger partial charge in [0.25, 0.3) is 0 Å². The molecule has 106 valence electrons. The van der Waals surface area contributed by atoms with Gasteiger partial charge in [-0.05, 0) is 13.0 Å². The maximum Gasteiger partial charge on any atom is 0.226 e. The molecule has 0 aliphatic heterocycles. The molecule has 1 aromatic rings. The third-order valence-electron chi connectivity index (χ3n) is 2.53. The first-order chi connectivity index (χ1) is 9.08. The zero-order valence-electron chi connectivity index (χ0n) is 11.6. The highest BCUT2D eigenvalue weighted by molar-refractivity contribution is 5.93. The van der Waals surface area contributed by atoms with Gasteiger partial charge in [-0.3, -0.25) is 5.41 Å². The van der Waals surface area contributed by atoms with E-state index < -0.39 is 0 Å². The van der Waals surface area contributed by atoms with Gasteiger partial charge in [0, 0.05) is 33.0 Å². The fourth-order valence-electron chi connectivity index (χ4n) is 1.55. The van der Waals surface area contributed by atoms with Crippen LogP contribution in [0.2, 0.25) is 0 Å². The molecular formula is C12H21N5O2. The Kier molecular flexibility index (Phi) is 6.17. The molecule has 7 nitrogen and oxygen atoms in total. The lowest BCUT2D eigenvalue weighted by Gasteiger charge is -2.22. The molecule has 0 aliphatic carbocycles. The van der Waals surface area contributed by atoms with E-state index in [2.05, 4.69) is 9.97 Å². The first-order valence-electron chi connectivity index (χ1n) is 6.01. The lowest BCUT2D eigenvalue weighted by Crippen LogP contribution is -2.33. The van der Waals surface area contributed by atoms with E-state index in [1.165, 1.54) is 0 Å². The van der Waals surface area contributed by atoms with Crippen molar-refractivity contribution in [2.75, 3.05) is 45.4 Å². The maximum absolute atomic E-state index is 7.47. The van der Waals surface area contributed by atoms with Crippen LogP contribution in [-0.2, 0) is 9.47 Å². The third-order valence-corrected chi connectivity index (χ3v) is 2.53. The highest BCUT2D eigenvalue weighted by Crippen LogP contribution is 2.10. The van der Waals surface area contributed by atoms with Crippen LogP contribution < -0.4 is 10.6 Å². The minimum atomic E-state index is -0.0646. The van der Waals surface area contributed by atoms with Crippen molar-refractivity contribution >= 4 is 11.8 Å². The number of aryl methyl sites for hydroxylation is 1. The van der Waals surface area contributed by atoms with Crippen LogP contribution in [0.5, 0.6) is 0 Å². The number of hydrogen-bond acceptors (Lipinski definition) is 6. The predicted octanol–water partition coefficient (Wildman–Crippen LogP) is 0.168. The van der Waals surface area contributed by atoms with E-state index in [9.17, 15) is 0 Å². The molecule has 1 heterocycles. The molecule has 1 rings (SSSR count). The normalized spacial score (nSPS) is 10.5. The van der Waals surface area contributed by atoms with Crippen molar-refractivity contribution in [1.82, 2.24) is 9.97 Å². The van der Waals surface area contributed by atoms with Gasteiger partial charge in [0.2, 0.25) is 5.95 Å². The van der Waals surface area contributed by atoms with Crippen LogP contribution in [0.3, 0.4) is 0 Å². The van der Waals surface area contributed by atoms with Crippen molar-refractivity contribution in [2.45, 2.75) is 6.92 Å². The summed E-state index contributed by atoms with van der Waals surface area (Å²) in [6, 6.07) is 1.69. The fraction of sp³-hybridized carbons (Fsp3) is 0.583. The third kappa shape index (κ3) is 4.80. The number of nitrogen functional groups attached to an aromatic ring is 1. The molecule has 0 amide bonds. The summed E-state index contributed by atoms with van der Waals surface area (Å²) in [5, 5.41) is 7.47. The fourth-order valence-corrected chi connectivity index (χ4v) is 1.55. The van der Waals surface area contributed by atoms with E-state index in [1.807, 2.05) is 11.8 Å². The Balaban J connectivity index is 2.95. The summed E-state index contributed by atoms with van der Waals surface area (Å²) in [7, 11) is 3.29. The zero-order valence-corrected chi connectivity index (χ0v) is 11.6. The van der Waals surface area contributed by atoms with Gasteiger partial charge >= 0.3 is 0 Å². The maximum atomic E-state index is 7.47. The SMILES string of the molecule is COCCN(CCOC)c1nc(C)cc(C(=N)N)n1. The number of methoxy groups -OCH3 is 2. The standard InChI is InChI=1S/C12H21N5O2/c1-9-8-10(11(13)14)16-12(15-9)17(4-6-18-2)5-7-19-3/h8H,4-7H2,1-3H3,(H3,13,14). The van der Waals surface area contributed by atoms with E-state index in [1.54, 1.807) is 20.3 Å². The van der Waals surface area contributed by atoms with Gasteiger partial charge in [-0.1, -0.05) is 0 Å². The topological polar surface area (TPSA) is 97.4 Å². The lowest BCUT2D eigenvalue weighted by atomic mass is 10.3. The molecule has 0 saturated heterocycles. The summed E-state index contributed by atoms with van der Waals surface area (Å²) in [5.41, 5.74) is 6.68. The minimum absolute atomic E-state index is 0.0646. The van der Waals surface area contributed by atoms with Crippen LogP contribution in [0.1, 0.15) is 11.4 Å². The second kappa shape index (κ2) is 7.65. The van der Waals surface area contributed by atoms with Crippen molar-refractivity contribution in [3.05, 3.63) is 17.5 Å². The van der Waals surface area contributed by atoms with E-state index in [0.717, 1.165) is 5.69 Å². The molecule has 1 aromatic heterocycles. The molecule has 0 aromatic carbocycles. The van der Waals surface area contributed by atoms with Crippen molar-refractivity contribution in [3.63, 3.8) is 0 Å². The van der Waals surface area contributed by atoms with Gasteiger partial charge in [0.1, 0.15) is 11.5 Å². The Morgan fingerprint density at radius 3 is 2.32 bits per heavy atom. The minimum Gasteiger partial charge on any atom is -0.383 e. The number of amidine groups is 1. The van der Waals surface area contributed by atoms with Gasteiger partial charge in [-0.25, -0.2) is 9.97 Å². The van der Waals surface area contributed by atoms with E-state index >= 15 is 0 Å².